The molecule has 0 unspecified atom stereocenters. The molecule has 2 N–H and O–H groups in total. The van der Waals surface area contributed by atoms with Crippen molar-refractivity contribution in [3.63, 3.8) is 0 Å². The summed E-state index contributed by atoms with van der Waals surface area (Å²) in [5.74, 6) is -0.135. The second kappa shape index (κ2) is 6.12. The summed E-state index contributed by atoms with van der Waals surface area (Å²) in [6.07, 6.45) is 6.91. The lowest BCUT2D eigenvalue weighted by Crippen LogP contribution is -2.35. The first-order valence-corrected chi connectivity index (χ1v) is 7.67. The fourth-order valence-electron chi connectivity index (χ4n) is 3.08. The highest BCUT2D eigenvalue weighted by atomic mass is 16.2. The summed E-state index contributed by atoms with van der Waals surface area (Å²) in [6.45, 7) is 0. The van der Waals surface area contributed by atoms with Crippen LogP contribution in [0.2, 0.25) is 0 Å². The van der Waals surface area contributed by atoms with Crippen molar-refractivity contribution in [2.75, 3.05) is 0 Å². The third kappa shape index (κ3) is 3.15. The summed E-state index contributed by atoms with van der Waals surface area (Å²) in [4.78, 5) is 27.0. The van der Waals surface area contributed by atoms with Crippen LogP contribution < -0.4 is 10.9 Å². The Hall–Kier alpha value is -2.10. The Morgan fingerprint density at radius 2 is 1.81 bits per heavy atom. The number of aromatic amines is 1. The van der Waals surface area contributed by atoms with Gasteiger partial charge in [0.1, 0.15) is 0 Å². The minimum atomic E-state index is -0.236. The van der Waals surface area contributed by atoms with Crippen molar-refractivity contribution in [1.29, 1.82) is 0 Å². The lowest BCUT2D eigenvalue weighted by atomic mass is 10.1. The molecule has 0 aliphatic heterocycles. The predicted octanol–water partition coefficient (Wildman–Crippen LogP) is 2.98. The third-order valence-electron chi connectivity index (χ3n) is 4.19. The van der Waals surface area contributed by atoms with Crippen molar-refractivity contribution in [3.05, 3.63) is 46.2 Å². The van der Waals surface area contributed by atoms with E-state index in [2.05, 4.69) is 10.3 Å². The fourth-order valence-corrected chi connectivity index (χ4v) is 3.08. The summed E-state index contributed by atoms with van der Waals surface area (Å²) >= 11 is 0. The van der Waals surface area contributed by atoms with Gasteiger partial charge in [-0.25, -0.2) is 0 Å². The number of rotatable bonds is 2. The monoisotopic (exact) mass is 284 g/mol. The first kappa shape index (κ1) is 13.9. The molecule has 1 saturated carbocycles. The van der Waals surface area contributed by atoms with Gasteiger partial charge in [0.05, 0.1) is 5.56 Å². The smallest absolute Gasteiger partial charge is 0.252 e. The normalized spacial score (nSPS) is 16.6. The van der Waals surface area contributed by atoms with E-state index in [1.165, 1.54) is 31.7 Å². The second-order valence-electron chi connectivity index (χ2n) is 5.75. The first-order chi connectivity index (χ1) is 10.2. The molecule has 1 aliphatic rings. The van der Waals surface area contributed by atoms with Gasteiger partial charge in [-0.15, -0.1) is 0 Å². The van der Waals surface area contributed by atoms with E-state index < -0.39 is 0 Å². The number of H-pyrrole nitrogens is 1. The molecular weight excluding hydrogens is 264 g/mol. The number of amides is 1. The molecule has 3 rings (SSSR count). The van der Waals surface area contributed by atoms with E-state index >= 15 is 0 Å². The number of carbonyl (C=O) groups excluding carboxylic acids is 1. The quantitative estimate of drug-likeness (QED) is 0.833. The van der Waals surface area contributed by atoms with Crippen LogP contribution >= 0.6 is 0 Å². The molecule has 4 heteroatoms. The summed E-state index contributed by atoms with van der Waals surface area (Å²) in [5, 5.41) is 3.90. The van der Waals surface area contributed by atoms with Gasteiger partial charge in [0.2, 0.25) is 5.56 Å². The van der Waals surface area contributed by atoms with Crippen LogP contribution in [0.3, 0.4) is 0 Å². The van der Waals surface area contributed by atoms with E-state index in [0.717, 1.165) is 18.2 Å². The second-order valence-corrected chi connectivity index (χ2v) is 5.75. The van der Waals surface area contributed by atoms with Crippen LogP contribution in [0.25, 0.3) is 10.9 Å². The van der Waals surface area contributed by atoms with Crippen molar-refractivity contribution in [2.45, 2.75) is 44.6 Å². The van der Waals surface area contributed by atoms with E-state index in [9.17, 15) is 9.59 Å². The molecule has 0 spiro atoms. The molecular formula is C17H20N2O2. The zero-order valence-electron chi connectivity index (χ0n) is 12.0. The topological polar surface area (TPSA) is 62.0 Å². The minimum Gasteiger partial charge on any atom is -0.349 e. The number of carbonyl (C=O) groups is 1. The Labute approximate surface area is 123 Å². The van der Waals surface area contributed by atoms with Gasteiger partial charge in [-0.3, -0.25) is 9.59 Å². The number of hydrogen-bond acceptors (Lipinski definition) is 2. The van der Waals surface area contributed by atoms with Crippen molar-refractivity contribution < 1.29 is 4.79 Å². The molecule has 0 radical (unpaired) electrons. The minimum absolute atomic E-state index is 0.135. The predicted molar refractivity (Wildman–Crippen MR) is 83.5 cm³/mol. The van der Waals surface area contributed by atoms with Crippen LogP contribution in [0, 0.1) is 0 Å². The largest absolute Gasteiger partial charge is 0.349 e. The molecule has 1 heterocycles. The number of aromatic nitrogens is 1. The number of benzene rings is 1. The highest BCUT2D eigenvalue weighted by Gasteiger charge is 2.17. The van der Waals surface area contributed by atoms with Crippen LogP contribution in [-0.2, 0) is 0 Å². The maximum atomic E-state index is 12.5. The molecule has 4 nitrogen and oxygen atoms in total. The standard InChI is InChI=1S/C17H20N2O2/c20-16-11-14(13-9-5-6-10-15(13)19-16)17(21)18-12-7-3-1-2-4-8-12/h5-6,9-12H,1-4,7-8H2,(H,18,21)(H,19,20). The molecule has 1 aromatic heterocycles. The molecule has 21 heavy (non-hydrogen) atoms. The van der Waals surface area contributed by atoms with E-state index in [1.807, 2.05) is 24.3 Å². The highest BCUT2D eigenvalue weighted by Crippen LogP contribution is 2.19. The van der Waals surface area contributed by atoms with Crippen molar-refractivity contribution in [2.24, 2.45) is 0 Å². The zero-order chi connectivity index (χ0) is 14.7. The molecule has 0 bridgehead atoms. The molecule has 110 valence electrons. The van der Waals surface area contributed by atoms with Crippen molar-refractivity contribution in [1.82, 2.24) is 10.3 Å². The molecule has 0 atom stereocenters. The fraction of sp³-hybridized carbons (Fsp3) is 0.412. The third-order valence-corrected chi connectivity index (χ3v) is 4.19. The summed E-state index contributed by atoms with van der Waals surface area (Å²) < 4.78 is 0. The van der Waals surface area contributed by atoms with E-state index in [0.29, 0.717) is 11.1 Å². The SMILES string of the molecule is O=C(NC1CCCCCC1)c1cc(=O)[nH]c2ccccc12. The van der Waals surface area contributed by atoms with Gasteiger partial charge in [0, 0.05) is 23.0 Å². The Balaban J connectivity index is 1.88. The lowest BCUT2D eigenvalue weighted by molar-refractivity contribution is 0.0935. The number of para-hydroxylation sites is 1. The van der Waals surface area contributed by atoms with Gasteiger partial charge in [-0.2, -0.15) is 0 Å². The maximum absolute atomic E-state index is 12.5. The van der Waals surface area contributed by atoms with Crippen LogP contribution in [0.1, 0.15) is 48.9 Å². The average molecular weight is 284 g/mol. The maximum Gasteiger partial charge on any atom is 0.252 e. The van der Waals surface area contributed by atoms with E-state index in [4.69, 9.17) is 0 Å². The Bertz CT molecular complexity index is 697. The molecule has 0 saturated heterocycles. The number of hydrogen-bond donors (Lipinski definition) is 2. The number of nitrogens with one attached hydrogen (secondary N) is 2. The van der Waals surface area contributed by atoms with Gasteiger partial charge in [-0.1, -0.05) is 43.9 Å². The van der Waals surface area contributed by atoms with Crippen LogP contribution in [0.5, 0.6) is 0 Å². The van der Waals surface area contributed by atoms with Crippen molar-refractivity contribution in [3.8, 4) is 0 Å². The Morgan fingerprint density at radius 1 is 1.10 bits per heavy atom. The van der Waals surface area contributed by atoms with Gasteiger partial charge >= 0.3 is 0 Å². The summed E-state index contributed by atoms with van der Waals surface area (Å²) in [6, 6.07) is 9.05. The van der Waals surface area contributed by atoms with Gasteiger partial charge < -0.3 is 10.3 Å². The Morgan fingerprint density at radius 3 is 2.57 bits per heavy atom. The molecule has 1 aliphatic carbocycles. The molecule has 2 aromatic rings. The van der Waals surface area contributed by atoms with Gasteiger partial charge in [0.15, 0.2) is 0 Å². The molecule has 1 aromatic carbocycles. The average Bonchev–Trinajstić information content (AvgIpc) is 2.75. The molecule has 1 fully saturated rings. The number of pyridine rings is 1. The van der Waals surface area contributed by atoms with Crippen molar-refractivity contribution >= 4 is 16.8 Å². The number of fused-ring (bicyclic) bond motifs is 1. The van der Waals surface area contributed by atoms with Crippen LogP contribution in [0.4, 0.5) is 0 Å². The van der Waals surface area contributed by atoms with Crippen LogP contribution in [-0.4, -0.2) is 16.9 Å². The first-order valence-electron chi connectivity index (χ1n) is 7.67. The van der Waals surface area contributed by atoms with E-state index in [1.54, 1.807) is 0 Å². The lowest BCUT2D eigenvalue weighted by Gasteiger charge is -2.16. The van der Waals surface area contributed by atoms with E-state index in [-0.39, 0.29) is 17.5 Å². The summed E-state index contributed by atoms with van der Waals surface area (Å²) in [5.41, 5.74) is 0.939. The van der Waals surface area contributed by atoms with Gasteiger partial charge in [-0.05, 0) is 18.9 Å². The molecule has 1 amide bonds. The van der Waals surface area contributed by atoms with Gasteiger partial charge in [0.25, 0.3) is 5.91 Å². The highest BCUT2D eigenvalue weighted by molar-refractivity contribution is 6.06. The zero-order valence-corrected chi connectivity index (χ0v) is 12.0. The van der Waals surface area contributed by atoms with Crippen LogP contribution in [0.15, 0.2) is 35.1 Å². The summed E-state index contributed by atoms with van der Waals surface area (Å²) in [7, 11) is 0. The Kier molecular flexibility index (Phi) is 4.04.